The van der Waals surface area contributed by atoms with Crippen LogP contribution in [-0.4, -0.2) is 19.5 Å². The fourth-order valence-corrected chi connectivity index (χ4v) is 3.03. The van der Waals surface area contributed by atoms with Crippen molar-refractivity contribution < 1.29 is 8.42 Å². The summed E-state index contributed by atoms with van der Waals surface area (Å²) in [6.45, 7) is 0.901. The van der Waals surface area contributed by atoms with Gasteiger partial charge in [0.05, 0.1) is 17.4 Å². The van der Waals surface area contributed by atoms with Gasteiger partial charge in [-0.3, -0.25) is 0 Å². The summed E-state index contributed by atoms with van der Waals surface area (Å²) in [5.41, 5.74) is 0.909. The number of benzene rings is 1. The van der Waals surface area contributed by atoms with E-state index in [0.717, 1.165) is 0 Å². The van der Waals surface area contributed by atoms with E-state index in [1.807, 2.05) is 35.2 Å². The van der Waals surface area contributed by atoms with E-state index in [0.29, 0.717) is 24.2 Å². The van der Waals surface area contributed by atoms with Gasteiger partial charge in [0.25, 0.3) is 0 Å². The van der Waals surface area contributed by atoms with Gasteiger partial charge in [-0.25, -0.2) is 13.1 Å². The Hall–Kier alpha value is -2.10. The summed E-state index contributed by atoms with van der Waals surface area (Å²) < 4.78 is 28.4. The highest BCUT2D eigenvalue weighted by Gasteiger charge is 2.13. The molecule has 0 unspecified atom stereocenters. The molecule has 2 aromatic rings. The second-order valence-electron chi connectivity index (χ2n) is 4.34. The van der Waals surface area contributed by atoms with Gasteiger partial charge >= 0.3 is 0 Å². The highest BCUT2D eigenvalue weighted by atomic mass is 32.2. The molecule has 0 amide bonds. The lowest BCUT2D eigenvalue weighted by molar-refractivity contribution is 0.572. The Balaban J connectivity index is 1.95. The third-order valence-electron chi connectivity index (χ3n) is 2.84. The molecule has 0 aliphatic rings. The molecule has 0 atom stereocenters. The van der Waals surface area contributed by atoms with E-state index in [-0.39, 0.29) is 5.75 Å². The Kier molecular flexibility index (Phi) is 4.56. The van der Waals surface area contributed by atoms with Crippen LogP contribution in [0.1, 0.15) is 11.1 Å². The maximum Gasteiger partial charge on any atom is 0.215 e. The van der Waals surface area contributed by atoms with Crippen LogP contribution < -0.4 is 4.72 Å². The van der Waals surface area contributed by atoms with Crippen molar-refractivity contribution in [1.29, 1.82) is 5.26 Å². The number of hydrogen-bond donors (Lipinski definition) is 1. The summed E-state index contributed by atoms with van der Waals surface area (Å²) in [7, 11) is -3.43. The Labute approximate surface area is 118 Å². The number of nitriles is 1. The fourth-order valence-electron chi connectivity index (χ4n) is 1.86. The highest BCUT2D eigenvalue weighted by molar-refractivity contribution is 7.88. The second-order valence-corrected chi connectivity index (χ2v) is 6.15. The monoisotopic (exact) mass is 289 g/mol. The van der Waals surface area contributed by atoms with Crippen molar-refractivity contribution in [2.75, 3.05) is 6.54 Å². The number of sulfonamides is 1. The van der Waals surface area contributed by atoms with Crippen molar-refractivity contribution >= 4 is 10.0 Å². The fraction of sp³-hybridized carbons (Fsp3) is 0.214. The minimum absolute atomic E-state index is 0.178. The molecule has 0 aliphatic heterocycles. The van der Waals surface area contributed by atoms with Crippen LogP contribution in [0.2, 0.25) is 0 Å². The summed E-state index contributed by atoms with van der Waals surface area (Å²) in [6.07, 6.45) is 3.75. The first-order valence-electron chi connectivity index (χ1n) is 6.17. The maximum atomic E-state index is 12.0. The number of aromatic nitrogens is 1. The molecule has 104 valence electrons. The molecule has 1 heterocycles. The zero-order valence-electron chi connectivity index (χ0n) is 10.9. The van der Waals surface area contributed by atoms with Crippen molar-refractivity contribution in [1.82, 2.24) is 9.29 Å². The molecule has 0 saturated heterocycles. The third kappa shape index (κ3) is 3.95. The van der Waals surface area contributed by atoms with E-state index in [4.69, 9.17) is 5.26 Å². The highest BCUT2D eigenvalue weighted by Crippen LogP contribution is 2.10. The van der Waals surface area contributed by atoms with Crippen LogP contribution in [0.15, 0.2) is 48.8 Å². The number of hydrogen-bond acceptors (Lipinski definition) is 3. The smallest absolute Gasteiger partial charge is 0.215 e. The van der Waals surface area contributed by atoms with Gasteiger partial charge in [0, 0.05) is 25.5 Å². The Bertz CT molecular complexity index is 700. The molecule has 0 bridgehead atoms. The van der Waals surface area contributed by atoms with Crippen LogP contribution in [0.3, 0.4) is 0 Å². The minimum atomic E-state index is -3.43. The first-order valence-corrected chi connectivity index (χ1v) is 7.82. The molecule has 1 aromatic heterocycles. The van der Waals surface area contributed by atoms with Crippen molar-refractivity contribution in [3.63, 3.8) is 0 Å². The standard InChI is InChI=1S/C14H15N3O2S/c15-11-13-5-1-2-6-14(13)12-20(18,19)16-7-10-17-8-3-4-9-17/h1-6,8-9,16H,7,10,12H2. The molecular formula is C14H15N3O2S. The molecule has 1 N–H and O–H groups in total. The van der Waals surface area contributed by atoms with Gasteiger partial charge in [0.15, 0.2) is 0 Å². The van der Waals surface area contributed by atoms with Gasteiger partial charge in [-0.2, -0.15) is 5.26 Å². The van der Waals surface area contributed by atoms with Crippen molar-refractivity contribution in [3.8, 4) is 6.07 Å². The third-order valence-corrected chi connectivity index (χ3v) is 4.18. The summed E-state index contributed by atoms with van der Waals surface area (Å²) >= 11 is 0. The van der Waals surface area contributed by atoms with Crippen molar-refractivity contribution in [3.05, 3.63) is 59.9 Å². The maximum absolute atomic E-state index is 12.0. The number of nitrogens with zero attached hydrogens (tertiary/aromatic N) is 2. The molecule has 20 heavy (non-hydrogen) atoms. The molecule has 2 rings (SSSR count). The summed E-state index contributed by atoms with van der Waals surface area (Å²) in [5, 5.41) is 8.95. The van der Waals surface area contributed by atoms with Crippen LogP contribution >= 0.6 is 0 Å². The molecular weight excluding hydrogens is 274 g/mol. The number of rotatable bonds is 6. The molecule has 0 aliphatic carbocycles. The number of nitrogens with one attached hydrogen (secondary N) is 1. The topological polar surface area (TPSA) is 74.9 Å². The molecule has 0 saturated carbocycles. The predicted molar refractivity (Wildman–Crippen MR) is 76.2 cm³/mol. The predicted octanol–water partition coefficient (Wildman–Crippen LogP) is 1.48. The summed E-state index contributed by atoms with van der Waals surface area (Å²) in [5.74, 6) is -0.178. The average molecular weight is 289 g/mol. The Morgan fingerprint density at radius 2 is 1.85 bits per heavy atom. The van der Waals surface area contributed by atoms with Crippen LogP contribution in [0.25, 0.3) is 0 Å². The van der Waals surface area contributed by atoms with Gasteiger partial charge in [0.1, 0.15) is 0 Å². The van der Waals surface area contributed by atoms with E-state index in [1.165, 1.54) is 0 Å². The molecule has 0 radical (unpaired) electrons. The Morgan fingerprint density at radius 1 is 1.15 bits per heavy atom. The molecule has 0 fully saturated rings. The summed E-state index contributed by atoms with van der Waals surface area (Å²) in [6, 6.07) is 12.5. The van der Waals surface area contributed by atoms with Gasteiger partial charge in [-0.1, -0.05) is 18.2 Å². The van der Waals surface area contributed by atoms with Gasteiger partial charge in [-0.05, 0) is 23.8 Å². The largest absolute Gasteiger partial charge is 0.353 e. The molecule has 0 spiro atoms. The van der Waals surface area contributed by atoms with E-state index < -0.39 is 10.0 Å². The van der Waals surface area contributed by atoms with Crippen LogP contribution in [0.4, 0.5) is 0 Å². The van der Waals surface area contributed by atoms with E-state index in [2.05, 4.69) is 4.72 Å². The SMILES string of the molecule is N#Cc1ccccc1CS(=O)(=O)NCCn1cccc1. The zero-order valence-corrected chi connectivity index (χ0v) is 11.7. The Morgan fingerprint density at radius 3 is 2.55 bits per heavy atom. The van der Waals surface area contributed by atoms with E-state index >= 15 is 0 Å². The lowest BCUT2D eigenvalue weighted by Crippen LogP contribution is -2.28. The van der Waals surface area contributed by atoms with Gasteiger partial charge < -0.3 is 4.57 Å². The van der Waals surface area contributed by atoms with Crippen molar-refractivity contribution in [2.24, 2.45) is 0 Å². The van der Waals surface area contributed by atoms with Crippen molar-refractivity contribution in [2.45, 2.75) is 12.3 Å². The van der Waals surface area contributed by atoms with E-state index in [1.54, 1.807) is 24.3 Å². The first-order chi connectivity index (χ1) is 9.61. The van der Waals surface area contributed by atoms with Gasteiger partial charge in [0.2, 0.25) is 10.0 Å². The van der Waals surface area contributed by atoms with Gasteiger partial charge in [-0.15, -0.1) is 0 Å². The second kappa shape index (κ2) is 6.37. The molecule has 6 heteroatoms. The van der Waals surface area contributed by atoms with E-state index in [9.17, 15) is 8.42 Å². The normalized spacial score (nSPS) is 11.2. The summed E-state index contributed by atoms with van der Waals surface area (Å²) in [4.78, 5) is 0. The first kappa shape index (κ1) is 14.3. The molecule has 1 aromatic carbocycles. The lowest BCUT2D eigenvalue weighted by Gasteiger charge is -2.08. The van der Waals surface area contributed by atoms with Crippen LogP contribution in [-0.2, 0) is 22.3 Å². The minimum Gasteiger partial charge on any atom is -0.353 e. The zero-order chi connectivity index (χ0) is 14.4. The molecule has 5 nitrogen and oxygen atoms in total. The average Bonchev–Trinajstić information content (AvgIpc) is 2.92. The van der Waals surface area contributed by atoms with Crippen LogP contribution in [0, 0.1) is 11.3 Å². The van der Waals surface area contributed by atoms with Crippen LogP contribution in [0.5, 0.6) is 0 Å². The lowest BCUT2D eigenvalue weighted by atomic mass is 10.1. The quantitative estimate of drug-likeness (QED) is 0.875.